The zero-order valence-electron chi connectivity index (χ0n) is 23.0. The highest BCUT2D eigenvalue weighted by Crippen LogP contribution is 2.39. The SMILES string of the molecule is CCCNc1nc(C(=O)NCCC(=O)O)c(NCCC)nc1C(=O)NCCNc1c(F)c(N=[N+]=[N-])c(F)c(F)c1[N+](=O)[O-]. The van der Waals surface area contributed by atoms with Crippen LogP contribution in [0.5, 0.6) is 0 Å². The molecule has 20 heteroatoms. The lowest BCUT2D eigenvalue weighted by Gasteiger charge is -2.16. The number of hydrogen-bond acceptors (Lipinski definition) is 11. The molecule has 0 saturated heterocycles. The number of nitrogens with one attached hydrogen (secondary N) is 5. The molecule has 1 aromatic heterocycles. The molecule has 1 heterocycles. The van der Waals surface area contributed by atoms with E-state index in [1.54, 1.807) is 0 Å². The van der Waals surface area contributed by atoms with Crippen LogP contribution in [0.25, 0.3) is 10.4 Å². The zero-order chi connectivity index (χ0) is 32.1. The molecule has 2 aromatic rings. The van der Waals surface area contributed by atoms with E-state index < -0.39 is 63.8 Å². The monoisotopic (exact) mass is 611 g/mol. The first kappa shape index (κ1) is 33.8. The molecule has 0 spiro atoms. The number of azide groups is 1. The number of nitro benzene ring substituents is 1. The average Bonchev–Trinajstić information content (AvgIpc) is 2.96. The third kappa shape index (κ3) is 8.80. The first-order valence-electron chi connectivity index (χ1n) is 12.8. The van der Waals surface area contributed by atoms with Crippen molar-refractivity contribution in [2.24, 2.45) is 5.11 Å². The number of aromatic nitrogens is 2. The number of benzene rings is 1. The molecule has 0 unspecified atom stereocenters. The van der Waals surface area contributed by atoms with E-state index in [-0.39, 0.29) is 42.5 Å². The summed E-state index contributed by atoms with van der Waals surface area (Å²) in [7, 11) is 0. The largest absolute Gasteiger partial charge is 0.481 e. The third-order valence-electron chi connectivity index (χ3n) is 5.35. The normalized spacial score (nSPS) is 10.3. The summed E-state index contributed by atoms with van der Waals surface area (Å²) in [6, 6.07) is 0. The van der Waals surface area contributed by atoms with Crippen molar-refractivity contribution in [1.82, 2.24) is 20.6 Å². The Balaban J connectivity index is 2.32. The molecule has 0 saturated carbocycles. The Labute approximate surface area is 241 Å². The van der Waals surface area contributed by atoms with E-state index in [1.807, 2.05) is 13.8 Å². The minimum Gasteiger partial charge on any atom is -0.481 e. The summed E-state index contributed by atoms with van der Waals surface area (Å²) in [5, 5.41) is 35.6. The zero-order valence-corrected chi connectivity index (χ0v) is 23.0. The highest BCUT2D eigenvalue weighted by atomic mass is 19.2. The topological polar surface area (TPSA) is 249 Å². The van der Waals surface area contributed by atoms with Crippen LogP contribution in [0.2, 0.25) is 0 Å². The third-order valence-corrected chi connectivity index (χ3v) is 5.35. The number of carboxylic acid groups (broad SMARTS) is 1. The summed E-state index contributed by atoms with van der Waals surface area (Å²) in [5.74, 6) is -8.65. The van der Waals surface area contributed by atoms with E-state index in [2.05, 4.69) is 46.6 Å². The van der Waals surface area contributed by atoms with Gasteiger partial charge in [-0.1, -0.05) is 19.0 Å². The molecule has 17 nitrogen and oxygen atoms in total. The van der Waals surface area contributed by atoms with Gasteiger partial charge in [-0.25, -0.2) is 18.7 Å². The average molecular weight is 612 g/mol. The minimum absolute atomic E-state index is 0.0648. The van der Waals surface area contributed by atoms with Gasteiger partial charge in [0, 0.05) is 37.6 Å². The lowest BCUT2D eigenvalue weighted by Crippen LogP contribution is -2.33. The smallest absolute Gasteiger partial charge is 0.333 e. The number of rotatable bonds is 17. The second-order valence-corrected chi connectivity index (χ2v) is 8.51. The lowest BCUT2D eigenvalue weighted by atomic mass is 10.2. The number of nitrogens with zero attached hydrogens (tertiary/aromatic N) is 6. The summed E-state index contributed by atoms with van der Waals surface area (Å²) in [6.45, 7) is 3.35. The van der Waals surface area contributed by atoms with E-state index in [4.69, 9.17) is 10.6 Å². The Hall–Kier alpha value is -5.39. The Bertz CT molecular complexity index is 1440. The van der Waals surface area contributed by atoms with E-state index in [9.17, 15) is 37.7 Å². The van der Waals surface area contributed by atoms with Gasteiger partial charge >= 0.3 is 11.7 Å². The number of carbonyl (C=O) groups is 3. The van der Waals surface area contributed by atoms with Crippen LogP contribution in [-0.2, 0) is 4.79 Å². The van der Waals surface area contributed by atoms with Crippen molar-refractivity contribution in [2.75, 3.05) is 48.7 Å². The summed E-state index contributed by atoms with van der Waals surface area (Å²) < 4.78 is 42.9. The summed E-state index contributed by atoms with van der Waals surface area (Å²) in [6.07, 6.45) is 0.870. The van der Waals surface area contributed by atoms with Crippen molar-refractivity contribution in [3.8, 4) is 0 Å². The molecule has 2 amide bonds. The second kappa shape index (κ2) is 16.2. The Kier molecular flexibility index (Phi) is 12.7. The van der Waals surface area contributed by atoms with Crippen LogP contribution in [0, 0.1) is 27.6 Å². The van der Waals surface area contributed by atoms with Crippen molar-refractivity contribution in [3.63, 3.8) is 0 Å². The fourth-order valence-corrected chi connectivity index (χ4v) is 3.40. The number of carbonyl (C=O) groups excluding carboxylic acids is 2. The molecule has 0 fully saturated rings. The van der Waals surface area contributed by atoms with Crippen molar-refractivity contribution in [1.29, 1.82) is 0 Å². The summed E-state index contributed by atoms with van der Waals surface area (Å²) in [5.41, 5.74) is 3.95. The van der Waals surface area contributed by atoms with Crippen molar-refractivity contribution in [2.45, 2.75) is 33.1 Å². The van der Waals surface area contributed by atoms with Gasteiger partial charge in [0.1, 0.15) is 5.69 Å². The maximum absolute atomic E-state index is 14.7. The lowest BCUT2D eigenvalue weighted by molar-refractivity contribution is -0.387. The predicted molar refractivity (Wildman–Crippen MR) is 147 cm³/mol. The number of amides is 2. The van der Waals surface area contributed by atoms with Gasteiger partial charge in [-0.2, -0.15) is 4.39 Å². The molecule has 232 valence electrons. The van der Waals surface area contributed by atoms with Gasteiger partial charge in [0.05, 0.1) is 11.3 Å². The van der Waals surface area contributed by atoms with E-state index in [1.165, 1.54) is 0 Å². The number of hydrogen-bond donors (Lipinski definition) is 6. The molecular formula is C23H28F3N11O6. The highest BCUT2D eigenvalue weighted by molar-refractivity contribution is 6.01. The van der Waals surface area contributed by atoms with Crippen LogP contribution in [0.4, 0.5) is 41.9 Å². The molecule has 0 radical (unpaired) electrons. The van der Waals surface area contributed by atoms with Crippen LogP contribution < -0.4 is 26.6 Å². The first-order chi connectivity index (χ1) is 20.5. The van der Waals surface area contributed by atoms with Gasteiger partial charge in [0.25, 0.3) is 11.8 Å². The van der Waals surface area contributed by atoms with E-state index >= 15 is 0 Å². The number of carboxylic acids is 1. The van der Waals surface area contributed by atoms with Crippen molar-refractivity contribution >= 4 is 46.5 Å². The molecule has 1 aromatic carbocycles. The number of nitro groups is 1. The molecule has 0 aliphatic rings. The van der Waals surface area contributed by atoms with Gasteiger partial charge in [0.15, 0.2) is 40.3 Å². The van der Waals surface area contributed by atoms with Gasteiger partial charge in [-0.15, -0.1) is 0 Å². The Morgan fingerprint density at radius 2 is 1.42 bits per heavy atom. The van der Waals surface area contributed by atoms with Crippen LogP contribution in [0.3, 0.4) is 0 Å². The molecule has 43 heavy (non-hydrogen) atoms. The Morgan fingerprint density at radius 1 is 0.884 bits per heavy atom. The summed E-state index contributed by atoms with van der Waals surface area (Å²) in [4.78, 5) is 57.1. The Morgan fingerprint density at radius 3 is 1.88 bits per heavy atom. The van der Waals surface area contributed by atoms with E-state index in [0.29, 0.717) is 25.9 Å². The van der Waals surface area contributed by atoms with E-state index in [0.717, 1.165) is 0 Å². The van der Waals surface area contributed by atoms with Gasteiger partial charge in [0.2, 0.25) is 5.82 Å². The quantitative estimate of drug-likeness (QED) is 0.0287. The van der Waals surface area contributed by atoms with Gasteiger partial charge in [-0.05, 0) is 18.4 Å². The first-order valence-corrected chi connectivity index (χ1v) is 12.8. The molecule has 0 aliphatic carbocycles. The highest BCUT2D eigenvalue weighted by Gasteiger charge is 2.32. The van der Waals surface area contributed by atoms with Gasteiger partial charge in [-0.3, -0.25) is 24.5 Å². The predicted octanol–water partition coefficient (Wildman–Crippen LogP) is 3.43. The van der Waals surface area contributed by atoms with Crippen LogP contribution in [0.1, 0.15) is 54.1 Å². The molecular weight excluding hydrogens is 583 g/mol. The summed E-state index contributed by atoms with van der Waals surface area (Å²) >= 11 is 0. The van der Waals surface area contributed by atoms with Crippen LogP contribution >= 0.6 is 0 Å². The standard InChI is InChI=1S/C23H28F3N11O6/c1-3-6-29-20-17(22(40)31-8-5-11(38)39)33-21(30-7-4-2)18(34-20)23(41)32-10-9-28-16-14(26)15(35-36-27)12(24)13(25)19(16)37(42)43/h28H,3-10H2,1-2H3,(H,29,34)(H,30,33)(H,31,40)(H,32,41)(H,38,39). The molecule has 0 bridgehead atoms. The van der Waals surface area contributed by atoms with Crippen molar-refractivity contribution in [3.05, 3.63) is 49.4 Å². The van der Waals surface area contributed by atoms with Crippen LogP contribution in [0.15, 0.2) is 5.11 Å². The second-order valence-electron chi connectivity index (χ2n) is 8.51. The fraction of sp³-hybridized carbons (Fsp3) is 0.435. The fourth-order valence-electron chi connectivity index (χ4n) is 3.40. The maximum Gasteiger partial charge on any atom is 0.333 e. The minimum atomic E-state index is -2.05. The molecule has 0 aliphatic heterocycles. The molecule has 2 rings (SSSR count). The molecule has 6 N–H and O–H groups in total. The number of halogens is 3. The van der Waals surface area contributed by atoms with Crippen LogP contribution in [-0.4, -0.2) is 70.5 Å². The van der Waals surface area contributed by atoms with Crippen molar-refractivity contribution < 1.29 is 37.6 Å². The molecule has 0 atom stereocenters. The maximum atomic E-state index is 14.7. The van der Waals surface area contributed by atoms with Gasteiger partial charge < -0.3 is 31.7 Å². The number of aliphatic carboxylic acids is 1. The number of anilines is 3.